The van der Waals surface area contributed by atoms with E-state index in [4.69, 9.17) is 5.11 Å². The van der Waals surface area contributed by atoms with Gasteiger partial charge < -0.3 is 10.4 Å². The first-order chi connectivity index (χ1) is 8.16. The minimum absolute atomic E-state index is 0.192. The van der Waals surface area contributed by atoms with Crippen LogP contribution in [0.3, 0.4) is 0 Å². The van der Waals surface area contributed by atoms with Gasteiger partial charge in [0.25, 0.3) is 0 Å². The molecule has 0 aromatic carbocycles. The number of ketones is 1. The highest BCUT2D eigenvalue weighted by molar-refractivity contribution is 7.81. The number of hydrogen-bond donors (Lipinski definition) is 3. The molecular weight excluding hydrogens is 254 g/mol. The van der Waals surface area contributed by atoms with E-state index in [-0.39, 0.29) is 11.7 Å². The van der Waals surface area contributed by atoms with Gasteiger partial charge in [0.15, 0.2) is 0 Å². The maximum absolute atomic E-state index is 12.0. The van der Waals surface area contributed by atoms with Gasteiger partial charge in [0.1, 0.15) is 11.8 Å². The van der Waals surface area contributed by atoms with Crippen molar-refractivity contribution >= 4 is 30.3 Å². The van der Waals surface area contributed by atoms with Gasteiger partial charge >= 0.3 is 5.97 Å². The second kappa shape index (κ2) is 7.41. The van der Waals surface area contributed by atoms with Crippen LogP contribution >= 0.6 is 12.6 Å². The fourth-order valence-corrected chi connectivity index (χ4v) is 1.81. The van der Waals surface area contributed by atoms with Crippen molar-refractivity contribution in [3.05, 3.63) is 0 Å². The molecule has 0 rings (SSSR count). The molecule has 0 saturated carbocycles. The van der Waals surface area contributed by atoms with Crippen LogP contribution in [-0.2, 0) is 14.4 Å². The lowest BCUT2D eigenvalue weighted by molar-refractivity contribution is -0.142. The van der Waals surface area contributed by atoms with E-state index in [2.05, 4.69) is 17.9 Å². The number of amides is 1. The Morgan fingerprint density at radius 3 is 2.06 bits per heavy atom. The third-order valence-electron chi connectivity index (χ3n) is 2.59. The molecule has 0 aromatic rings. The first-order valence-electron chi connectivity index (χ1n) is 5.88. The third kappa shape index (κ3) is 5.53. The van der Waals surface area contributed by atoms with Gasteiger partial charge in [-0.15, -0.1) is 0 Å². The standard InChI is InChI=1S/C12H21NO4S/c1-6(2)5-9(10(18)8(4)14)11(15)13-7(3)12(16)17/h6-7,9-10,18H,5H2,1-4H3,(H,13,15)(H,16,17)/t7-,9?,10?/m0/s1. The van der Waals surface area contributed by atoms with Crippen LogP contribution in [-0.4, -0.2) is 34.1 Å². The number of rotatable bonds is 7. The lowest BCUT2D eigenvalue weighted by atomic mass is 9.91. The average Bonchev–Trinajstić information content (AvgIpc) is 2.23. The summed E-state index contributed by atoms with van der Waals surface area (Å²) in [5.41, 5.74) is 0. The molecule has 0 aromatic heterocycles. The number of Topliss-reactive ketones (excluding diaryl/α,β-unsaturated/α-hetero) is 1. The van der Waals surface area contributed by atoms with Crippen LogP contribution in [0.4, 0.5) is 0 Å². The van der Waals surface area contributed by atoms with E-state index in [9.17, 15) is 14.4 Å². The van der Waals surface area contributed by atoms with Crippen molar-refractivity contribution in [1.29, 1.82) is 0 Å². The van der Waals surface area contributed by atoms with Crippen molar-refractivity contribution in [3.63, 3.8) is 0 Å². The number of thiol groups is 1. The van der Waals surface area contributed by atoms with Crippen molar-refractivity contribution in [2.24, 2.45) is 11.8 Å². The summed E-state index contributed by atoms with van der Waals surface area (Å²) in [6.45, 7) is 6.62. The smallest absolute Gasteiger partial charge is 0.325 e. The van der Waals surface area contributed by atoms with Gasteiger partial charge in [0.05, 0.1) is 11.2 Å². The number of carbonyl (C=O) groups is 3. The lowest BCUT2D eigenvalue weighted by Crippen LogP contribution is -2.45. The predicted molar refractivity (Wildman–Crippen MR) is 71.6 cm³/mol. The minimum Gasteiger partial charge on any atom is -0.480 e. The van der Waals surface area contributed by atoms with Crippen molar-refractivity contribution in [1.82, 2.24) is 5.32 Å². The van der Waals surface area contributed by atoms with Crippen molar-refractivity contribution in [2.75, 3.05) is 0 Å². The molecule has 104 valence electrons. The third-order valence-corrected chi connectivity index (χ3v) is 3.31. The van der Waals surface area contributed by atoms with Gasteiger partial charge in [0.2, 0.25) is 5.91 Å². The van der Waals surface area contributed by atoms with Crippen LogP contribution in [0.2, 0.25) is 0 Å². The van der Waals surface area contributed by atoms with Crippen LogP contribution < -0.4 is 5.32 Å². The summed E-state index contributed by atoms with van der Waals surface area (Å²) in [5, 5.41) is 10.4. The molecule has 3 atom stereocenters. The molecule has 0 aliphatic rings. The van der Waals surface area contributed by atoms with Crippen LogP contribution in [0.5, 0.6) is 0 Å². The van der Waals surface area contributed by atoms with Gasteiger partial charge in [-0.25, -0.2) is 0 Å². The molecule has 0 saturated heterocycles. The molecule has 0 aliphatic heterocycles. The Labute approximate surface area is 113 Å². The topological polar surface area (TPSA) is 83.5 Å². The number of carboxylic acid groups (broad SMARTS) is 1. The van der Waals surface area contributed by atoms with E-state index in [1.165, 1.54) is 13.8 Å². The fraction of sp³-hybridized carbons (Fsp3) is 0.750. The van der Waals surface area contributed by atoms with Gasteiger partial charge in [-0.3, -0.25) is 14.4 Å². The molecule has 0 fully saturated rings. The SMILES string of the molecule is CC(=O)C(S)C(CC(C)C)C(=O)N[C@@H](C)C(=O)O. The zero-order chi connectivity index (χ0) is 14.5. The zero-order valence-corrected chi connectivity index (χ0v) is 12.0. The van der Waals surface area contributed by atoms with Crippen LogP contribution in [0, 0.1) is 11.8 Å². The Bertz CT molecular complexity index is 330. The van der Waals surface area contributed by atoms with E-state index in [0.717, 1.165) is 0 Å². The highest BCUT2D eigenvalue weighted by atomic mass is 32.1. The maximum atomic E-state index is 12.0. The predicted octanol–water partition coefficient (Wildman–Crippen LogP) is 1.13. The van der Waals surface area contributed by atoms with Crippen LogP contribution in [0.15, 0.2) is 0 Å². The lowest BCUT2D eigenvalue weighted by Gasteiger charge is -2.23. The normalized spacial score (nSPS) is 15.9. The van der Waals surface area contributed by atoms with Crippen LogP contribution in [0.1, 0.15) is 34.1 Å². The number of nitrogens with one attached hydrogen (secondary N) is 1. The molecule has 1 amide bonds. The fourth-order valence-electron chi connectivity index (χ4n) is 1.55. The summed E-state index contributed by atoms with van der Waals surface area (Å²) in [7, 11) is 0. The maximum Gasteiger partial charge on any atom is 0.325 e. The Balaban J connectivity index is 4.80. The van der Waals surface area contributed by atoms with Gasteiger partial charge in [0, 0.05) is 0 Å². The number of carboxylic acids is 1. The van der Waals surface area contributed by atoms with Crippen molar-refractivity contribution in [2.45, 2.75) is 45.4 Å². The largest absolute Gasteiger partial charge is 0.480 e. The molecular formula is C12H21NO4S. The van der Waals surface area contributed by atoms with E-state index >= 15 is 0 Å². The molecule has 6 heteroatoms. The summed E-state index contributed by atoms with van der Waals surface area (Å²) in [6.07, 6.45) is 0.492. The molecule has 18 heavy (non-hydrogen) atoms. The second-order valence-corrected chi connectivity index (χ2v) is 5.42. The van der Waals surface area contributed by atoms with Crippen molar-refractivity contribution in [3.8, 4) is 0 Å². The van der Waals surface area contributed by atoms with Crippen LogP contribution in [0.25, 0.3) is 0 Å². The highest BCUT2D eigenvalue weighted by Crippen LogP contribution is 2.21. The van der Waals surface area contributed by atoms with Gasteiger partial charge in [-0.2, -0.15) is 12.6 Å². The molecule has 2 N–H and O–H groups in total. The molecule has 0 spiro atoms. The Kier molecular flexibility index (Phi) is 6.98. The first-order valence-corrected chi connectivity index (χ1v) is 6.40. The Morgan fingerprint density at radius 1 is 1.22 bits per heavy atom. The zero-order valence-electron chi connectivity index (χ0n) is 11.1. The Hall–Kier alpha value is -1.04. The van der Waals surface area contributed by atoms with Crippen molar-refractivity contribution < 1.29 is 19.5 Å². The number of carbonyl (C=O) groups excluding carboxylic acids is 2. The number of aliphatic carboxylic acids is 1. The monoisotopic (exact) mass is 275 g/mol. The molecule has 0 radical (unpaired) electrons. The van der Waals surface area contributed by atoms with E-state index in [0.29, 0.717) is 6.42 Å². The summed E-state index contributed by atoms with van der Waals surface area (Å²) in [5.74, 6) is -2.12. The van der Waals surface area contributed by atoms with E-state index in [1.54, 1.807) is 0 Å². The summed E-state index contributed by atoms with van der Waals surface area (Å²) in [6, 6.07) is -0.973. The molecule has 0 aliphatic carbocycles. The molecule has 5 nitrogen and oxygen atoms in total. The van der Waals surface area contributed by atoms with E-state index < -0.39 is 29.1 Å². The molecule has 0 bridgehead atoms. The van der Waals surface area contributed by atoms with Gasteiger partial charge in [-0.05, 0) is 26.2 Å². The Morgan fingerprint density at radius 2 is 1.72 bits per heavy atom. The number of hydrogen-bond acceptors (Lipinski definition) is 4. The summed E-state index contributed by atoms with van der Waals surface area (Å²) in [4.78, 5) is 34.0. The molecule has 0 heterocycles. The first kappa shape index (κ1) is 17.0. The molecule has 2 unspecified atom stereocenters. The van der Waals surface area contributed by atoms with E-state index in [1.807, 2.05) is 13.8 Å². The quantitative estimate of drug-likeness (QED) is 0.608. The highest BCUT2D eigenvalue weighted by Gasteiger charge is 2.31. The second-order valence-electron chi connectivity index (χ2n) is 4.86. The summed E-state index contributed by atoms with van der Waals surface area (Å²) < 4.78 is 0. The average molecular weight is 275 g/mol. The minimum atomic E-state index is -1.11. The van der Waals surface area contributed by atoms with Gasteiger partial charge in [-0.1, -0.05) is 13.8 Å². The summed E-state index contributed by atoms with van der Waals surface area (Å²) >= 11 is 4.15.